The Bertz CT molecular complexity index is 484. The summed E-state index contributed by atoms with van der Waals surface area (Å²) < 4.78 is 1.99. The molecule has 1 aromatic rings. The second kappa shape index (κ2) is 6.79. The molecule has 1 N–H and O–H groups in total. The summed E-state index contributed by atoms with van der Waals surface area (Å²) in [5.74, 6) is 0.164. The second-order valence-electron chi connectivity index (χ2n) is 6.68. The summed E-state index contributed by atoms with van der Waals surface area (Å²) in [6, 6.07) is 0. The minimum absolute atomic E-state index is 0.164. The number of carbonyl (C=O) groups is 1. The lowest BCUT2D eigenvalue weighted by Gasteiger charge is -2.28. The van der Waals surface area contributed by atoms with Crippen LogP contribution in [0.4, 0.5) is 0 Å². The number of β-amino-alcohol motifs (C(OH)–C–C–N with tert-alkyl or cyclic N) is 1. The molecular formula is C16H26N4O2. The van der Waals surface area contributed by atoms with Gasteiger partial charge in [-0.3, -0.25) is 4.79 Å². The van der Waals surface area contributed by atoms with Gasteiger partial charge < -0.3 is 19.5 Å². The summed E-state index contributed by atoms with van der Waals surface area (Å²) in [5, 5.41) is 10.7. The van der Waals surface area contributed by atoms with E-state index in [1.807, 2.05) is 15.7 Å². The molecule has 22 heavy (non-hydrogen) atoms. The number of rotatable bonds is 6. The minimum atomic E-state index is -0.704. The number of likely N-dealkylation sites (tertiary alicyclic amines) is 2. The molecule has 6 heteroatoms. The summed E-state index contributed by atoms with van der Waals surface area (Å²) in [6.45, 7) is 4.88. The molecule has 0 bridgehead atoms. The zero-order valence-corrected chi connectivity index (χ0v) is 13.2. The Hall–Kier alpha value is -1.40. The molecule has 1 atom stereocenters. The van der Waals surface area contributed by atoms with Crippen molar-refractivity contribution in [3.63, 3.8) is 0 Å². The van der Waals surface area contributed by atoms with Gasteiger partial charge in [0.2, 0.25) is 5.91 Å². The molecule has 0 radical (unpaired) electrons. The first-order valence-electron chi connectivity index (χ1n) is 8.33. The molecule has 1 aromatic heterocycles. The van der Waals surface area contributed by atoms with Crippen LogP contribution in [0.25, 0.3) is 0 Å². The van der Waals surface area contributed by atoms with Gasteiger partial charge in [0.15, 0.2) is 0 Å². The number of hydrogen-bond acceptors (Lipinski definition) is 4. The maximum atomic E-state index is 12.3. The average molecular weight is 306 g/mol. The van der Waals surface area contributed by atoms with Gasteiger partial charge in [-0.25, -0.2) is 4.98 Å². The van der Waals surface area contributed by atoms with Gasteiger partial charge in [0.05, 0.1) is 18.5 Å². The third-order valence-electron chi connectivity index (χ3n) is 4.77. The number of hydrogen-bond donors (Lipinski definition) is 1. The zero-order valence-electron chi connectivity index (χ0n) is 13.2. The summed E-state index contributed by atoms with van der Waals surface area (Å²) in [4.78, 5) is 20.4. The number of aryl methyl sites for hydroxylation is 1. The molecule has 0 aromatic carbocycles. The van der Waals surface area contributed by atoms with E-state index in [0.717, 1.165) is 26.1 Å². The van der Waals surface area contributed by atoms with Crippen molar-refractivity contribution >= 4 is 5.91 Å². The first kappa shape index (κ1) is 15.5. The highest BCUT2D eigenvalue weighted by Gasteiger charge is 2.39. The van der Waals surface area contributed by atoms with Crippen LogP contribution >= 0.6 is 0 Å². The third-order valence-corrected chi connectivity index (χ3v) is 4.77. The van der Waals surface area contributed by atoms with E-state index in [2.05, 4.69) is 9.88 Å². The molecule has 0 spiro atoms. The lowest BCUT2D eigenvalue weighted by Crippen LogP contribution is -2.45. The average Bonchev–Trinajstić information content (AvgIpc) is 3.21. The van der Waals surface area contributed by atoms with Crippen molar-refractivity contribution < 1.29 is 9.90 Å². The van der Waals surface area contributed by atoms with Crippen molar-refractivity contribution in [3.8, 4) is 0 Å². The normalized spacial score (nSPS) is 26.0. The van der Waals surface area contributed by atoms with E-state index < -0.39 is 5.60 Å². The van der Waals surface area contributed by atoms with Gasteiger partial charge in [-0.1, -0.05) is 0 Å². The molecule has 122 valence electrons. The maximum Gasteiger partial charge on any atom is 0.222 e. The molecule has 6 nitrogen and oxygen atoms in total. The predicted molar refractivity (Wildman–Crippen MR) is 83.3 cm³/mol. The summed E-state index contributed by atoms with van der Waals surface area (Å²) in [6.07, 6.45) is 9.95. The molecule has 0 saturated carbocycles. The summed E-state index contributed by atoms with van der Waals surface area (Å²) in [7, 11) is 0. The predicted octanol–water partition coefficient (Wildman–Crippen LogP) is 0.722. The van der Waals surface area contributed by atoms with Gasteiger partial charge in [0, 0.05) is 38.4 Å². The van der Waals surface area contributed by atoms with Crippen LogP contribution in [0.15, 0.2) is 18.7 Å². The van der Waals surface area contributed by atoms with E-state index in [1.165, 1.54) is 12.8 Å². The van der Waals surface area contributed by atoms with Crippen LogP contribution in [-0.4, -0.2) is 68.7 Å². The SMILES string of the molecule is O=C(CCCn1ccnc1)N1CC[C@](O)(CN2CCCC2)C1. The van der Waals surface area contributed by atoms with Gasteiger partial charge in [0.25, 0.3) is 0 Å². The molecular weight excluding hydrogens is 280 g/mol. The molecule has 2 aliphatic rings. The first-order valence-corrected chi connectivity index (χ1v) is 8.33. The highest BCUT2D eigenvalue weighted by Crippen LogP contribution is 2.25. The number of imidazole rings is 1. The molecule has 0 unspecified atom stereocenters. The Kier molecular flexibility index (Phi) is 4.78. The van der Waals surface area contributed by atoms with Gasteiger partial charge in [-0.05, 0) is 38.8 Å². The monoisotopic (exact) mass is 306 g/mol. The number of carbonyl (C=O) groups excluding carboxylic acids is 1. The topological polar surface area (TPSA) is 61.6 Å². The summed E-state index contributed by atoms with van der Waals surface area (Å²) >= 11 is 0. The number of amides is 1. The summed E-state index contributed by atoms with van der Waals surface area (Å²) in [5.41, 5.74) is -0.704. The fourth-order valence-corrected chi connectivity index (χ4v) is 3.55. The van der Waals surface area contributed by atoms with E-state index in [0.29, 0.717) is 32.5 Å². The van der Waals surface area contributed by atoms with Crippen LogP contribution < -0.4 is 0 Å². The third kappa shape index (κ3) is 3.87. The Morgan fingerprint density at radius 3 is 2.82 bits per heavy atom. The molecule has 1 amide bonds. The van der Waals surface area contributed by atoms with Crippen molar-refractivity contribution in [2.75, 3.05) is 32.7 Å². The van der Waals surface area contributed by atoms with E-state index >= 15 is 0 Å². The largest absolute Gasteiger partial charge is 0.387 e. The molecule has 2 fully saturated rings. The van der Waals surface area contributed by atoms with Crippen LogP contribution in [-0.2, 0) is 11.3 Å². The fourth-order valence-electron chi connectivity index (χ4n) is 3.55. The van der Waals surface area contributed by atoms with Crippen LogP contribution in [0.2, 0.25) is 0 Å². The lowest BCUT2D eigenvalue weighted by molar-refractivity contribution is -0.131. The van der Waals surface area contributed by atoms with E-state index in [-0.39, 0.29) is 5.91 Å². The Balaban J connectivity index is 1.41. The van der Waals surface area contributed by atoms with Gasteiger partial charge in [-0.15, -0.1) is 0 Å². The fraction of sp³-hybridized carbons (Fsp3) is 0.750. The minimum Gasteiger partial charge on any atom is -0.387 e. The molecule has 2 saturated heterocycles. The number of aliphatic hydroxyl groups is 1. The van der Waals surface area contributed by atoms with Crippen molar-refractivity contribution in [2.45, 2.75) is 44.2 Å². The van der Waals surface area contributed by atoms with E-state index in [4.69, 9.17) is 0 Å². The van der Waals surface area contributed by atoms with Crippen LogP contribution in [0.3, 0.4) is 0 Å². The van der Waals surface area contributed by atoms with Gasteiger partial charge in [0.1, 0.15) is 0 Å². The van der Waals surface area contributed by atoms with Gasteiger partial charge in [-0.2, -0.15) is 0 Å². The smallest absolute Gasteiger partial charge is 0.222 e. The highest BCUT2D eigenvalue weighted by atomic mass is 16.3. The molecule has 3 rings (SSSR count). The quantitative estimate of drug-likeness (QED) is 0.841. The number of nitrogens with zero attached hydrogens (tertiary/aromatic N) is 4. The van der Waals surface area contributed by atoms with Crippen molar-refractivity contribution in [1.29, 1.82) is 0 Å². The van der Waals surface area contributed by atoms with E-state index in [9.17, 15) is 9.90 Å². The van der Waals surface area contributed by atoms with Crippen molar-refractivity contribution in [1.82, 2.24) is 19.4 Å². The molecule has 2 aliphatic heterocycles. The standard InChI is InChI=1S/C16H26N4O2/c21-15(4-3-9-19-11-6-17-14-19)20-10-5-16(22,13-20)12-18-7-1-2-8-18/h6,11,14,22H,1-5,7-10,12-13H2/t16-/m0/s1. The van der Waals surface area contributed by atoms with Crippen LogP contribution in [0.1, 0.15) is 32.1 Å². The van der Waals surface area contributed by atoms with Crippen LogP contribution in [0, 0.1) is 0 Å². The highest BCUT2D eigenvalue weighted by molar-refractivity contribution is 5.76. The number of aromatic nitrogens is 2. The zero-order chi connectivity index (χ0) is 15.4. The Morgan fingerprint density at radius 1 is 1.27 bits per heavy atom. The van der Waals surface area contributed by atoms with Crippen LogP contribution in [0.5, 0.6) is 0 Å². The van der Waals surface area contributed by atoms with Crippen molar-refractivity contribution in [3.05, 3.63) is 18.7 Å². The first-order chi connectivity index (χ1) is 10.6. The molecule has 3 heterocycles. The van der Waals surface area contributed by atoms with Gasteiger partial charge >= 0.3 is 0 Å². The molecule has 0 aliphatic carbocycles. The van der Waals surface area contributed by atoms with Crippen molar-refractivity contribution in [2.24, 2.45) is 0 Å². The Morgan fingerprint density at radius 2 is 2.09 bits per heavy atom. The second-order valence-corrected chi connectivity index (χ2v) is 6.68. The lowest BCUT2D eigenvalue weighted by atomic mass is 10.0. The van der Waals surface area contributed by atoms with E-state index in [1.54, 1.807) is 12.5 Å². The maximum absolute atomic E-state index is 12.3. The Labute approximate surface area is 131 Å².